The first-order valence-electron chi connectivity index (χ1n) is 6.72. The fourth-order valence-electron chi connectivity index (χ4n) is 2.58. The summed E-state index contributed by atoms with van der Waals surface area (Å²) in [6.07, 6.45) is 7.08. The number of nitrogens with one attached hydrogen (secondary N) is 1. The van der Waals surface area contributed by atoms with E-state index in [9.17, 15) is 9.59 Å². The van der Waals surface area contributed by atoms with Crippen molar-refractivity contribution < 1.29 is 4.79 Å². The molecule has 2 rings (SSSR count). The summed E-state index contributed by atoms with van der Waals surface area (Å²) in [5.74, 6) is 0.0417. The number of hydrogen-bond acceptors (Lipinski definition) is 2. The van der Waals surface area contributed by atoms with Crippen molar-refractivity contribution in [1.82, 2.24) is 9.88 Å². The summed E-state index contributed by atoms with van der Waals surface area (Å²) in [5.41, 5.74) is 0.407. The number of amides is 1. The van der Waals surface area contributed by atoms with Gasteiger partial charge in [-0.15, -0.1) is 0 Å². The van der Waals surface area contributed by atoms with Crippen LogP contribution < -0.4 is 5.56 Å². The van der Waals surface area contributed by atoms with Gasteiger partial charge in [-0.05, 0) is 25.3 Å². The Hall–Kier alpha value is -1.58. The van der Waals surface area contributed by atoms with Crippen molar-refractivity contribution in [2.24, 2.45) is 0 Å². The van der Waals surface area contributed by atoms with E-state index in [1.807, 2.05) is 4.90 Å². The quantitative estimate of drug-likeness (QED) is 0.872. The topological polar surface area (TPSA) is 53.2 Å². The van der Waals surface area contributed by atoms with Crippen molar-refractivity contribution >= 4 is 5.91 Å². The third kappa shape index (κ3) is 2.81. The Morgan fingerprint density at radius 3 is 2.89 bits per heavy atom. The second-order valence-electron chi connectivity index (χ2n) is 4.85. The molecule has 1 N–H and O–H groups in total. The van der Waals surface area contributed by atoms with Gasteiger partial charge in [0.2, 0.25) is 5.56 Å². The van der Waals surface area contributed by atoms with E-state index in [2.05, 4.69) is 11.9 Å². The molecule has 4 nitrogen and oxygen atoms in total. The molecule has 4 heteroatoms. The van der Waals surface area contributed by atoms with Crippen molar-refractivity contribution in [2.75, 3.05) is 6.54 Å². The molecule has 1 atom stereocenters. The number of likely N-dealkylation sites (tertiary alicyclic amines) is 1. The second-order valence-corrected chi connectivity index (χ2v) is 4.85. The predicted octanol–water partition coefficient (Wildman–Crippen LogP) is 2.17. The van der Waals surface area contributed by atoms with E-state index in [0.717, 1.165) is 25.8 Å². The molecule has 1 unspecified atom stereocenters. The molecular weight excluding hydrogens is 228 g/mol. The van der Waals surface area contributed by atoms with Crippen molar-refractivity contribution in [3.63, 3.8) is 0 Å². The summed E-state index contributed by atoms with van der Waals surface area (Å²) in [7, 11) is 0. The van der Waals surface area contributed by atoms with E-state index in [1.165, 1.54) is 25.1 Å². The summed E-state index contributed by atoms with van der Waals surface area (Å²) >= 11 is 0. The number of pyridine rings is 1. The first-order valence-corrected chi connectivity index (χ1v) is 6.72. The van der Waals surface area contributed by atoms with E-state index >= 15 is 0 Å². The summed E-state index contributed by atoms with van der Waals surface area (Å²) in [6, 6.07) is 3.36. The van der Waals surface area contributed by atoms with Crippen LogP contribution in [0.25, 0.3) is 0 Å². The van der Waals surface area contributed by atoms with Gasteiger partial charge in [-0.2, -0.15) is 0 Å². The van der Waals surface area contributed by atoms with Crippen molar-refractivity contribution in [2.45, 2.75) is 45.1 Å². The van der Waals surface area contributed by atoms with Crippen LogP contribution in [0.4, 0.5) is 0 Å². The normalized spacial score (nSPS) is 20.5. The highest BCUT2D eigenvalue weighted by molar-refractivity contribution is 5.94. The standard InChI is InChI=1S/C14H20N2O2/c1-2-12-6-4-3-5-9-16(12)14(18)11-7-8-13(17)15-10-11/h7-8,10,12H,2-6,9H2,1H3,(H,15,17). The van der Waals surface area contributed by atoms with Gasteiger partial charge >= 0.3 is 0 Å². The molecule has 2 heterocycles. The molecule has 1 aliphatic heterocycles. The lowest BCUT2D eigenvalue weighted by Crippen LogP contribution is -2.39. The van der Waals surface area contributed by atoms with Crippen LogP contribution >= 0.6 is 0 Å². The van der Waals surface area contributed by atoms with Gasteiger partial charge in [-0.3, -0.25) is 9.59 Å². The molecule has 0 spiro atoms. The van der Waals surface area contributed by atoms with E-state index < -0.39 is 0 Å². The number of hydrogen-bond donors (Lipinski definition) is 1. The number of H-pyrrole nitrogens is 1. The van der Waals surface area contributed by atoms with Gasteiger partial charge in [0.15, 0.2) is 0 Å². The summed E-state index contributed by atoms with van der Waals surface area (Å²) in [4.78, 5) is 28.0. The molecule has 1 fully saturated rings. The Morgan fingerprint density at radius 1 is 1.39 bits per heavy atom. The van der Waals surface area contributed by atoms with Crippen molar-refractivity contribution in [3.8, 4) is 0 Å². The zero-order valence-electron chi connectivity index (χ0n) is 10.8. The van der Waals surface area contributed by atoms with Crippen LogP contribution in [0.1, 0.15) is 49.4 Å². The Morgan fingerprint density at radius 2 is 2.22 bits per heavy atom. The Bertz CT molecular complexity index is 447. The largest absolute Gasteiger partial charge is 0.336 e. The smallest absolute Gasteiger partial charge is 0.255 e. The fraction of sp³-hybridized carbons (Fsp3) is 0.571. The van der Waals surface area contributed by atoms with Gasteiger partial charge in [0.1, 0.15) is 0 Å². The lowest BCUT2D eigenvalue weighted by atomic mass is 10.1. The van der Waals surface area contributed by atoms with Crippen LogP contribution in [0.5, 0.6) is 0 Å². The summed E-state index contributed by atoms with van der Waals surface area (Å²) < 4.78 is 0. The molecule has 1 saturated heterocycles. The molecule has 0 aliphatic carbocycles. The molecular formula is C14H20N2O2. The van der Waals surface area contributed by atoms with Crippen molar-refractivity contribution in [3.05, 3.63) is 34.2 Å². The SMILES string of the molecule is CCC1CCCCCN1C(=O)c1ccc(=O)[nH]c1. The molecule has 0 aromatic carbocycles. The molecule has 1 aliphatic rings. The third-order valence-electron chi connectivity index (χ3n) is 3.64. The van der Waals surface area contributed by atoms with Crippen LogP contribution in [0.15, 0.2) is 23.1 Å². The minimum Gasteiger partial charge on any atom is -0.336 e. The molecule has 1 aromatic heterocycles. The molecule has 1 amide bonds. The molecule has 0 bridgehead atoms. The molecule has 98 valence electrons. The third-order valence-corrected chi connectivity index (χ3v) is 3.64. The van der Waals surface area contributed by atoms with Gasteiger partial charge in [0, 0.05) is 24.8 Å². The maximum Gasteiger partial charge on any atom is 0.255 e. The van der Waals surface area contributed by atoms with Gasteiger partial charge in [0.05, 0.1) is 5.56 Å². The average Bonchev–Trinajstić information content (AvgIpc) is 2.63. The zero-order valence-corrected chi connectivity index (χ0v) is 10.8. The Labute approximate surface area is 107 Å². The van der Waals surface area contributed by atoms with E-state index in [4.69, 9.17) is 0 Å². The average molecular weight is 248 g/mol. The number of carbonyl (C=O) groups is 1. The first kappa shape index (κ1) is 12.9. The van der Waals surface area contributed by atoms with Crippen LogP contribution in [-0.2, 0) is 0 Å². The highest BCUT2D eigenvalue weighted by Crippen LogP contribution is 2.20. The second kappa shape index (κ2) is 5.85. The molecule has 1 aromatic rings. The van der Waals surface area contributed by atoms with Gasteiger partial charge in [-0.25, -0.2) is 0 Å². The van der Waals surface area contributed by atoms with E-state index in [0.29, 0.717) is 11.6 Å². The number of aromatic nitrogens is 1. The van der Waals surface area contributed by atoms with Crippen LogP contribution in [0.3, 0.4) is 0 Å². The van der Waals surface area contributed by atoms with Crippen molar-refractivity contribution in [1.29, 1.82) is 0 Å². The van der Waals surface area contributed by atoms with Crippen LogP contribution in [-0.4, -0.2) is 28.4 Å². The number of carbonyl (C=O) groups excluding carboxylic acids is 1. The Balaban J connectivity index is 2.19. The van der Waals surface area contributed by atoms with Gasteiger partial charge < -0.3 is 9.88 Å². The van der Waals surface area contributed by atoms with E-state index in [1.54, 1.807) is 6.07 Å². The van der Waals surface area contributed by atoms with Crippen LogP contribution in [0, 0.1) is 0 Å². The Kier molecular flexibility index (Phi) is 4.18. The van der Waals surface area contributed by atoms with Gasteiger partial charge in [0.25, 0.3) is 5.91 Å². The lowest BCUT2D eigenvalue weighted by molar-refractivity contribution is 0.0677. The molecule has 0 saturated carbocycles. The highest BCUT2D eigenvalue weighted by Gasteiger charge is 2.24. The predicted molar refractivity (Wildman–Crippen MR) is 70.6 cm³/mol. The fourth-order valence-corrected chi connectivity index (χ4v) is 2.58. The van der Waals surface area contributed by atoms with E-state index in [-0.39, 0.29) is 11.5 Å². The minimum atomic E-state index is -0.172. The van der Waals surface area contributed by atoms with Crippen LogP contribution in [0.2, 0.25) is 0 Å². The molecule has 0 radical (unpaired) electrons. The maximum absolute atomic E-state index is 12.4. The minimum absolute atomic E-state index is 0.0417. The summed E-state index contributed by atoms with van der Waals surface area (Å²) in [6.45, 7) is 2.96. The number of aromatic amines is 1. The highest BCUT2D eigenvalue weighted by atomic mass is 16.2. The lowest BCUT2D eigenvalue weighted by Gasteiger charge is -2.29. The zero-order chi connectivity index (χ0) is 13.0. The molecule has 18 heavy (non-hydrogen) atoms. The maximum atomic E-state index is 12.4. The first-order chi connectivity index (χ1) is 8.72. The summed E-state index contributed by atoms with van der Waals surface area (Å²) in [5, 5.41) is 0. The number of rotatable bonds is 2. The monoisotopic (exact) mass is 248 g/mol. The number of nitrogens with zero attached hydrogens (tertiary/aromatic N) is 1. The van der Waals surface area contributed by atoms with Gasteiger partial charge in [-0.1, -0.05) is 19.8 Å².